The minimum absolute atomic E-state index is 0.107. The molecule has 1 amide bonds. The van der Waals surface area contributed by atoms with Crippen molar-refractivity contribution in [2.24, 2.45) is 5.92 Å². The lowest BCUT2D eigenvalue weighted by Crippen LogP contribution is -2.42. The summed E-state index contributed by atoms with van der Waals surface area (Å²) in [6.07, 6.45) is 3.78. The number of fused-ring (bicyclic) bond motifs is 1. The van der Waals surface area contributed by atoms with Gasteiger partial charge in [-0.25, -0.2) is 9.48 Å². The quantitative estimate of drug-likeness (QED) is 0.692. The summed E-state index contributed by atoms with van der Waals surface area (Å²) in [6.45, 7) is 5.53. The van der Waals surface area contributed by atoms with Crippen LogP contribution in [0.3, 0.4) is 0 Å². The third kappa shape index (κ3) is 3.79. The number of aromatic nitrogens is 4. The Morgan fingerprint density at radius 3 is 2.74 bits per heavy atom. The maximum Gasteiger partial charge on any atom is 0.326 e. The molecule has 0 saturated carbocycles. The van der Waals surface area contributed by atoms with Gasteiger partial charge >= 0.3 is 5.97 Å². The summed E-state index contributed by atoms with van der Waals surface area (Å²) < 4.78 is 1.58. The average Bonchev–Trinajstić information content (AvgIpc) is 3.01. The maximum atomic E-state index is 12.6. The van der Waals surface area contributed by atoms with Crippen molar-refractivity contribution < 1.29 is 14.7 Å². The van der Waals surface area contributed by atoms with Crippen LogP contribution in [0.5, 0.6) is 0 Å². The number of benzene rings is 1. The minimum atomic E-state index is -1.07. The van der Waals surface area contributed by atoms with E-state index in [0.717, 1.165) is 16.5 Å². The van der Waals surface area contributed by atoms with Gasteiger partial charge in [0.15, 0.2) is 5.69 Å². The van der Waals surface area contributed by atoms with Gasteiger partial charge in [-0.2, -0.15) is 0 Å². The van der Waals surface area contributed by atoms with Crippen LogP contribution < -0.4 is 5.32 Å². The van der Waals surface area contributed by atoms with E-state index in [1.54, 1.807) is 24.0 Å². The lowest BCUT2D eigenvalue weighted by atomic mass is 10.0. The number of nitrogens with one attached hydrogen (secondary N) is 1. The molecule has 0 aliphatic rings. The summed E-state index contributed by atoms with van der Waals surface area (Å²) in [5.41, 5.74) is 1.41. The second-order valence-electron chi connectivity index (χ2n) is 6.80. The fraction of sp³-hybridized carbons (Fsp3) is 0.316. The van der Waals surface area contributed by atoms with E-state index in [2.05, 4.69) is 20.6 Å². The Morgan fingerprint density at radius 2 is 2.04 bits per heavy atom. The van der Waals surface area contributed by atoms with E-state index >= 15 is 0 Å². The first-order chi connectivity index (χ1) is 12.9. The molecule has 2 aromatic heterocycles. The zero-order valence-corrected chi connectivity index (χ0v) is 15.4. The normalized spacial score (nSPS) is 12.3. The summed E-state index contributed by atoms with van der Waals surface area (Å²) in [5, 5.41) is 21.8. The van der Waals surface area contributed by atoms with Crippen LogP contribution in [0.4, 0.5) is 0 Å². The van der Waals surface area contributed by atoms with Gasteiger partial charge in [0.05, 0.1) is 11.4 Å². The van der Waals surface area contributed by atoms with Crippen molar-refractivity contribution in [2.45, 2.75) is 33.2 Å². The van der Waals surface area contributed by atoms with Crippen LogP contribution in [0, 0.1) is 12.8 Å². The number of amides is 1. The Labute approximate surface area is 156 Å². The van der Waals surface area contributed by atoms with Gasteiger partial charge in [0.25, 0.3) is 5.91 Å². The first-order valence-corrected chi connectivity index (χ1v) is 8.67. The molecule has 0 saturated heterocycles. The van der Waals surface area contributed by atoms with Crippen molar-refractivity contribution in [2.75, 3.05) is 0 Å². The number of aliphatic carboxylic acids is 1. The third-order valence-corrected chi connectivity index (χ3v) is 4.31. The van der Waals surface area contributed by atoms with Crippen LogP contribution in [0.25, 0.3) is 16.5 Å². The van der Waals surface area contributed by atoms with E-state index in [1.165, 1.54) is 0 Å². The Balaban J connectivity index is 1.93. The highest BCUT2D eigenvalue weighted by Crippen LogP contribution is 2.22. The zero-order valence-electron chi connectivity index (χ0n) is 15.4. The molecular formula is C19H21N5O3. The third-order valence-electron chi connectivity index (χ3n) is 4.31. The number of rotatable bonds is 6. The van der Waals surface area contributed by atoms with Gasteiger partial charge in [-0.05, 0) is 31.4 Å². The van der Waals surface area contributed by atoms with Crippen LogP contribution in [0.1, 0.15) is 36.5 Å². The highest BCUT2D eigenvalue weighted by Gasteiger charge is 2.25. The van der Waals surface area contributed by atoms with E-state index < -0.39 is 17.9 Å². The second-order valence-corrected chi connectivity index (χ2v) is 6.80. The largest absolute Gasteiger partial charge is 0.480 e. The number of carbonyl (C=O) groups is 2. The van der Waals surface area contributed by atoms with Gasteiger partial charge in [0.1, 0.15) is 6.04 Å². The first kappa shape index (κ1) is 18.5. The van der Waals surface area contributed by atoms with Crippen molar-refractivity contribution in [3.8, 4) is 5.69 Å². The number of carbonyl (C=O) groups excluding carboxylic acids is 1. The van der Waals surface area contributed by atoms with E-state index in [-0.39, 0.29) is 11.6 Å². The van der Waals surface area contributed by atoms with Gasteiger partial charge in [0, 0.05) is 23.2 Å². The summed E-state index contributed by atoms with van der Waals surface area (Å²) >= 11 is 0. The molecule has 1 unspecified atom stereocenters. The van der Waals surface area contributed by atoms with E-state index in [9.17, 15) is 14.7 Å². The molecule has 0 bridgehead atoms. The monoisotopic (exact) mass is 367 g/mol. The number of carboxylic acids is 1. The SMILES string of the molecule is Cc1c(C(=O)NC(CC(C)C)C(=O)O)nnn1-c1cccc2cnccc12. The lowest BCUT2D eigenvalue weighted by Gasteiger charge is -2.15. The molecule has 2 N–H and O–H groups in total. The number of hydrogen-bond acceptors (Lipinski definition) is 5. The van der Waals surface area contributed by atoms with Gasteiger partial charge in [-0.3, -0.25) is 9.78 Å². The molecule has 27 heavy (non-hydrogen) atoms. The van der Waals surface area contributed by atoms with Crippen molar-refractivity contribution in [1.29, 1.82) is 0 Å². The number of nitrogens with zero attached hydrogens (tertiary/aromatic N) is 4. The molecule has 0 aliphatic carbocycles. The number of hydrogen-bond donors (Lipinski definition) is 2. The summed E-state index contributed by atoms with van der Waals surface area (Å²) in [6, 6.07) is 6.60. The minimum Gasteiger partial charge on any atom is -0.480 e. The van der Waals surface area contributed by atoms with Crippen molar-refractivity contribution in [3.63, 3.8) is 0 Å². The van der Waals surface area contributed by atoms with Crippen LogP contribution >= 0.6 is 0 Å². The molecular weight excluding hydrogens is 346 g/mol. The molecule has 0 spiro atoms. The molecule has 3 aromatic rings. The predicted molar refractivity (Wildman–Crippen MR) is 99.7 cm³/mol. The van der Waals surface area contributed by atoms with E-state index in [1.807, 2.05) is 38.1 Å². The molecule has 140 valence electrons. The molecule has 0 aliphatic heterocycles. The molecule has 8 nitrogen and oxygen atoms in total. The molecule has 8 heteroatoms. The lowest BCUT2D eigenvalue weighted by molar-refractivity contribution is -0.139. The predicted octanol–water partition coefficient (Wildman–Crippen LogP) is 2.35. The van der Waals surface area contributed by atoms with Crippen LogP contribution in [-0.4, -0.2) is 43.0 Å². The van der Waals surface area contributed by atoms with Crippen LogP contribution in [-0.2, 0) is 4.79 Å². The Hall–Kier alpha value is -3.29. The first-order valence-electron chi connectivity index (χ1n) is 8.67. The highest BCUT2D eigenvalue weighted by molar-refractivity contribution is 5.96. The maximum absolute atomic E-state index is 12.6. The molecule has 1 aromatic carbocycles. The summed E-state index contributed by atoms with van der Waals surface area (Å²) in [7, 11) is 0. The van der Waals surface area contributed by atoms with Gasteiger partial charge in [0.2, 0.25) is 0 Å². The fourth-order valence-electron chi connectivity index (χ4n) is 2.98. The van der Waals surface area contributed by atoms with Crippen molar-refractivity contribution in [1.82, 2.24) is 25.3 Å². The van der Waals surface area contributed by atoms with E-state index in [0.29, 0.717) is 12.1 Å². The van der Waals surface area contributed by atoms with Gasteiger partial charge in [-0.15, -0.1) is 5.10 Å². The van der Waals surface area contributed by atoms with Gasteiger partial charge < -0.3 is 10.4 Å². The Bertz CT molecular complexity index is 991. The fourth-order valence-corrected chi connectivity index (χ4v) is 2.98. The standard InChI is InChI=1S/C19H21N5O3/c1-11(2)9-15(19(26)27)21-18(25)17-12(3)24(23-22-17)16-6-4-5-13-10-20-8-7-14(13)16/h4-8,10-11,15H,9H2,1-3H3,(H,21,25)(H,26,27). The zero-order chi connectivity index (χ0) is 19.6. The van der Waals surface area contributed by atoms with Crippen molar-refractivity contribution >= 4 is 22.6 Å². The second kappa shape index (κ2) is 7.53. The molecule has 0 fully saturated rings. The summed E-state index contributed by atoms with van der Waals surface area (Å²) in [5.74, 6) is -1.48. The molecule has 2 heterocycles. The topological polar surface area (TPSA) is 110 Å². The van der Waals surface area contributed by atoms with Crippen molar-refractivity contribution in [3.05, 3.63) is 48.0 Å². The van der Waals surface area contributed by atoms with E-state index in [4.69, 9.17) is 0 Å². The smallest absolute Gasteiger partial charge is 0.326 e. The molecule has 3 rings (SSSR count). The van der Waals surface area contributed by atoms with Crippen LogP contribution in [0.2, 0.25) is 0 Å². The average molecular weight is 367 g/mol. The van der Waals surface area contributed by atoms with Gasteiger partial charge in [-0.1, -0.05) is 31.2 Å². The Kier molecular flexibility index (Phi) is 5.16. The summed E-state index contributed by atoms with van der Waals surface area (Å²) in [4.78, 5) is 28.1. The number of carboxylic acid groups (broad SMARTS) is 1. The van der Waals surface area contributed by atoms with Crippen LogP contribution in [0.15, 0.2) is 36.7 Å². The Morgan fingerprint density at radius 1 is 1.26 bits per heavy atom. The number of pyridine rings is 1. The molecule has 1 atom stereocenters. The molecule has 0 radical (unpaired) electrons. The highest BCUT2D eigenvalue weighted by atomic mass is 16.4.